The highest BCUT2D eigenvalue weighted by Gasteiger charge is 2.50. The summed E-state index contributed by atoms with van der Waals surface area (Å²) in [5.74, 6) is -1.83. The number of rotatable bonds is 20. The predicted molar refractivity (Wildman–Crippen MR) is 198 cm³/mol. The van der Waals surface area contributed by atoms with Crippen molar-refractivity contribution in [1.29, 1.82) is 0 Å². The van der Waals surface area contributed by atoms with Gasteiger partial charge in [0.05, 0.1) is 32.4 Å². The number of nitrogens with one attached hydrogen (secondary N) is 4. The zero-order valence-corrected chi connectivity index (χ0v) is 31.3. The average molecular weight is 720 g/mol. The molecule has 2 aliphatic heterocycles. The zero-order valence-electron chi connectivity index (χ0n) is 31.3. The Bertz CT molecular complexity index is 1480. The van der Waals surface area contributed by atoms with E-state index in [2.05, 4.69) is 21.3 Å². The number of epoxide rings is 1. The first-order chi connectivity index (χ1) is 24.8. The molecule has 0 bridgehead atoms. The van der Waals surface area contributed by atoms with Gasteiger partial charge in [-0.3, -0.25) is 28.9 Å². The Kier molecular flexibility index (Phi) is 15.3. The molecule has 0 spiro atoms. The van der Waals surface area contributed by atoms with Crippen molar-refractivity contribution in [3.8, 4) is 0 Å². The Labute approximate surface area is 308 Å². The molecular formula is C40H57N5O7. The number of hydrogen-bond acceptors (Lipinski definition) is 8. The number of benzene rings is 2. The van der Waals surface area contributed by atoms with E-state index in [0.717, 1.165) is 11.1 Å². The number of carbonyl (C=O) groups excluding carboxylic acids is 5. The van der Waals surface area contributed by atoms with Gasteiger partial charge in [0.15, 0.2) is 5.78 Å². The van der Waals surface area contributed by atoms with E-state index in [0.29, 0.717) is 58.6 Å². The van der Waals surface area contributed by atoms with Gasteiger partial charge in [-0.25, -0.2) is 0 Å². The van der Waals surface area contributed by atoms with Gasteiger partial charge in [-0.15, -0.1) is 0 Å². The SMILES string of the molecule is CC(C)C[C@H](NC(=O)[C@@H](Cc1ccccc1)NC(=O)[C@@H](CC(C)C)NC(=O)[C@@H](CCc1ccccc1)NC(=O)CN1CCOCC1)C(=O)[C@@]1(C)CO1. The Morgan fingerprint density at radius 2 is 1.19 bits per heavy atom. The van der Waals surface area contributed by atoms with Crippen LogP contribution < -0.4 is 21.3 Å². The van der Waals surface area contributed by atoms with Gasteiger partial charge in [0.2, 0.25) is 23.6 Å². The van der Waals surface area contributed by atoms with Crippen LogP contribution in [0.4, 0.5) is 0 Å². The number of nitrogens with zero attached hydrogens (tertiary/aromatic N) is 1. The second kappa shape index (κ2) is 19.6. The van der Waals surface area contributed by atoms with Crippen LogP contribution in [0.3, 0.4) is 0 Å². The van der Waals surface area contributed by atoms with Gasteiger partial charge in [0, 0.05) is 19.5 Å². The molecule has 0 radical (unpaired) electrons. The second-order valence-electron chi connectivity index (χ2n) is 15.0. The molecule has 0 aliphatic carbocycles. The van der Waals surface area contributed by atoms with Crippen molar-refractivity contribution in [3.63, 3.8) is 0 Å². The number of Topliss-reactive ketones (excluding diaryl/α,β-unsaturated/α-hetero) is 1. The maximum absolute atomic E-state index is 14.1. The van der Waals surface area contributed by atoms with Crippen molar-refractivity contribution in [2.75, 3.05) is 39.5 Å². The number of morpholine rings is 1. The molecule has 12 heteroatoms. The van der Waals surface area contributed by atoms with Crippen molar-refractivity contribution in [3.05, 3.63) is 71.8 Å². The average Bonchev–Trinajstić information content (AvgIpc) is 3.87. The fraction of sp³-hybridized carbons (Fsp3) is 0.575. The minimum atomic E-state index is -1.03. The van der Waals surface area contributed by atoms with Gasteiger partial charge in [-0.2, -0.15) is 0 Å². The summed E-state index contributed by atoms with van der Waals surface area (Å²) >= 11 is 0. The Balaban J connectivity index is 1.51. The molecule has 5 atom stereocenters. The topological polar surface area (TPSA) is 158 Å². The van der Waals surface area contributed by atoms with E-state index in [1.165, 1.54) is 0 Å². The van der Waals surface area contributed by atoms with Crippen molar-refractivity contribution in [2.24, 2.45) is 11.8 Å². The van der Waals surface area contributed by atoms with E-state index >= 15 is 0 Å². The van der Waals surface area contributed by atoms with Crippen molar-refractivity contribution in [2.45, 2.75) is 96.5 Å². The van der Waals surface area contributed by atoms with Gasteiger partial charge >= 0.3 is 0 Å². The summed E-state index contributed by atoms with van der Waals surface area (Å²) in [5.41, 5.74) is 0.915. The number of carbonyl (C=O) groups is 5. The molecule has 0 unspecified atom stereocenters. The largest absolute Gasteiger partial charge is 0.379 e. The fourth-order valence-corrected chi connectivity index (χ4v) is 6.33. The van der Waals surface area contributed by atoms with Crippen LogP contribution >= 0.6 is 0 Å². The lowest BCUT2D eigenvalue weighted by molar-refractivity contribution is -0.135. The van der Waals surface area contributed by atoms with Gasteiger partial charge in [0.25, 0.3) is 0 Å². The Hall–Kier alpha value is -4.13. The number of ketones is 1. The maximum Gasteiger partial charge on any atom is 0.243 e. The van der Waals surface area contributed by atoms with Crippen LogP contribution in [0.15, 0.2) is 60.7 Å². The molecule has 12 nitrogen and oxygen atoms in total. The van der Waals surface area contributed by atoms with E-state index in [1.54, 1.807) is 6.92 Å². The van der Waals surface area contributed by atoms with E-state index in [9.17, 15) is 24.0 Å². The molecule has 2 aliphatic rings. The summed E-state index contributed by atoms with van der Waals surface area (Å²) in [5, 5.41) is 11.7. The summed E-state index contributed by atoms with van der Waals surface area (Å²) in [6, 6.07) is 15.3. The first-order valence-corrected chi connectivity index (χ1v) is 18.6. The van der Waals surface area contributed by atoms with E-state index in [4.69, 9.17) is 9.47 Å². The molecular weight excluding hydrogens is 662 g/mol. The number of amides is 4. The van der Waals surface area contributed by atoms with Crippen molar-refractivity contribution in [1.82, 2.24) is 26.2 Å². The van der Waals surface area contributed by atoms with E-state index in [1.807, 2.05) is 93.3 Å². The summed E-state index contributed by atoms with van der Waals surface area (Å²) < 4.78 is 10.8. The fourth-order valence-electron chi connectivity index (χ4n) is 6.33. The van der Waals surface area contributed by atoms with Gasteiger partial charge in [-0.05, 0) is 55.6 Å². The Morgan fingerprint density at radius 1 is 0.692 bits per heavy atom. The summed E-state index contributed by atoms with van der Waals surface area (Å²) in [6.07, 6.45) is 1.76. The standard InChI is InChI=1S/C40H57N5O7/c1-27(2)22-32(36(47)40(5)26-52-40)42-39(50)34(24-30-14-10-7-11-15-30)44-38(49)33(23-28(3)4)43-37(48)31(17-16-29-12-8-6-9-13-29)41-35(46)25-45-18-20-51-21-19-45/h6-15,27-28,31-34H,16-26H2,1-5H3,(H,41,46)(H,42,50)(H,43,48)(H,44,49)/t31-,32+,33-,34-,40-/m1/s1. The molecule has 4 rings (SSSR count). The third-order valence-electron chi connectivity index (χ3n) is 9.38. The van der Waals surface area contributed by atoms with Crippen LogP contribution in [0.25, 0.3) is 0 Å². The molecule has 2 saturated heterocycles. The lowest BCUT2D eigenvalue weighted by Gasteiger charge is -2.29. The summed E-state index contributed by atoms with van der Waals surface area (Å²) in [4.78, 5) is 70.5. The van der Waals surface area contributed by atoms with Gasteiger partial charge in [0.1, 0.15) is 23.7 Å². The molecule has 2 aromatic rings. The van der Waals surface area contributed by atoms with Crippen molar-refractivity contribution < 1.29 is 33.4 Å². The molecule has 52 heavy (non-hydrogen) atoms. The highest BCUT2D eigenvalue weighted by atomic mass is 16.6. The van der Waals surface area contributed by atoms with E-state index in [-0.39, 0.29) is 36.5 Å². The minimum Gasteiger partial charge on any atom is -0.379 e. The van der Waals surface area contributed by atoms with Crippen LogP contribution in [-0.2, 0) is 46.3 Å². The minimum absolute atomic E-state index is 0.0171. The molecule has 284 valence electrons. The molecule has 4 N–H and O–H groups in total. The number of aryl methyl sites for hydroxylation is 1. The van der Waals surface area contributed by atoms with Crippen LogP contribution in [0.1, 0.15) is 65.0 Å². The third kappa shape index (κ3) is 13.1. The summed E-state index contributed by atoms with van der Waals surface area (Å²) in [7, 11) is 0. The van der Waals surface area contributed by atoms with Gasteiger partial charge in [-0.1, -0.05) is 88.4 Å². The molecule has 2 heterocycles. The van der Waals surface area contributed by atoms with Crippen LogP contribution in [0, 0.1) is 11.8 Å². The molecule has 2 aromatic carbocycles. The first kappa shape index (κ1) is 40.6. The first-order valence-electron chi connectivity index (χ1n) is 18.6. The molecule has 2 fully saturated rings. The number of ether oxygens (including phenoxy) is 2. The third-order valence-corrected chi connectivity index (χ3v) is 9.38. The van der Waals surface area contributed by atoms with Crippen LogP contribution in [-0.4, -0.2) is 104 Å². The highest BCUT2D eigenvalue weighted by Crippen LogP contribution is 2.29. The van der Waals surface area contributed by atoms with Crippen LogP contribution in [0.2, 0.25) is 0 Å². The predicted octanol–water partition coefficient (Wildman–Crippen LogP) is 2.58. The van der Waals surface area contributed by atoms with Gasteiger partial charge < -0.3 is 30.7 Å². The lowest BCUT2D eigenvalue weighted by Crippen LogP contribution is -2.59. The molecule has 4 amide bonds. The zero-order chi connectivity index (χ0) is 37.7. The van der Waals surface area contributed by atoms with Crippen molar-refractivity contribution >= 4 is 29.4 Å². The maximum atomic E-state index is 14.1. The quantitative estimate of drug-likeness (QED) is 0.152. The summed E-state index contributed by atoms with van der Waals surface area (Å²) in [6.45, 7) is 12.3. The number of hydrogen-bond donors (Lipinski definition) is 4. The second-order valence-corrected chi connectivity index (χ2v) is 15.0. The lowest BCUT2D eigenvalue weighted by atomic mass is 9.93. The monoisotopic (exact) mass is 719 g/mol. The van der Waals surface area contributed by atoms with E-state index < -0.39 is 47.5 Å². The highest BCUT2D eigenvalue weighted by molar-refractivity contribution is 5.98. The Morgan fingerprint density at radius 3 is 1.77 bits per heavy atom. The normalized spacial score (nSPS) is 19.6. The van der Waals surface area contributed by atoms with Crippen LogP contribution in [0.5, 0.6) is 0 Å². The smallest absolute Gasteiger partial charge is 0.243 e. The molecule has 0 aromatic heterocycles. The molecule has 0 saturated carbocycles.